The predicted molar refractivity (Wildman–Crippen MR) is 94.9 cm³/mol. The van der Waals surface area contributed by atoms with E-state index in [1.165, 1.54) is 6.39 Å². The SMILES string of the molecule is CCn1nc(C)c(CC(=O)NCc2ccc(-c3cnco3)cc2)c1C. The number of rotatable bonds is 6. The summed E-state index contributed by atoms with van der Waals surface area (Å²) in [6.45, 7) is 7.31. The van der Waals surface area contributed by atoms with Gasteiger partial charge in [-0.3, -0.25) is 9.48 Å². The monoisotopic (exact) mass is 338 g/mol. The molecule has 3 aromatic rings. The molecule has 0 radical (unpaired) electrons. The van der Waals surface area contributed by atoms with E-state index in [4.69, 9.17) is 4.42 Å². The molecule has 0 saturated heterocycles. The van der Waals surface area contributed by atoms with Crippen molar-refractivity contribution in [3.63, 3.8) is 0 Å². The van der Waals surface area contributed by atoms with Crippen molar-refractivity contribution < 1.29 is 9.21 Å². The maximum Gasteiger partial charge on any atom is 0.224 e. The highest BCUT2D eigenvalue weighted by Gasteiger charge is 2.14. The minimum atomic E-state index is 0.00108. The third-order valence-corrected chi connectivity index (χ3v) is 4.33. The summed E-state index contributed by atoms with van der Waals surface area (Å²) in [7, 11) is 0. The number of hydrogen-bond donors (Lipinski definition) is 1. The van der Waals surface area contributed by atoms with Crippen LogP contribution >= 0.6 is 0 Å². The smallest absolute Gasteiger partial charge is 0.224 e. The van der Waals surface area contributed by atoms with E-state index in [9.17, 15) is 4.79 Å². The molecule has 0 bridgehead atoms. The first kappa shape index (κ1) is 17.0. The Bertz CT molecular complexity index is 848. The summed E-state index contributed by atoms with van der Waals surface area (Å²) in [5.41, 5.74) is 5.00. The van der Waals surface area contributed by atoms with Gasteiger partial charge in [-0.1, -0.05) is 24.3 Å². The molecule has 25 heavy (non-hydrogen) atoms. The average molecular weight is 338 g/mol. The number of nitrogens with zero attached hydrogens (tertiary/aromatic N) is 3. The van der Waals surface area contributed by atoms with E-state index >= 15 is 0 Å². The van der Waals surface area contributed by atoms with Gasteiger partial charge in [0.2, 0.25) is 5.91 Å². The highest BCUT2D eigenvalue weighted by molar-refractivity contribution is 5.79. The molecule has 6 heteroatoms. The molecule has 0 unspecified atom stereocenters. The van der Waals surface area contributed by atoms with Crippen LogP contribution < -0.4 is 5.32 Å². The number of hydrogen-bond acceptors (Lipinski definition) is 4. The van der Waals surface area contributed by atoms with Crippen LogP contribution in [0.1, 0.15) is 29.4 Å². The van der Waals surface area contributed by atoms with Crippen LogP contribution in [0.2, 0.25) is 0 Å². The van der Waals surface area contributed by atoms with E-state index in [0.717, 1.165) is 40.4 Å². The molecule has 0 aliphatic heterocycles. The van der Waals surface area contributed by atoms with Crippen molar-refractivity contribution in [3.8, 4) is 11.3 Å². The lowest BCUT2D eigenvalue weighted by Crippen LogP contribution is -2.25. The summed E-state index contributed by atoms with van der Waals surface area (Å²) in [6, 6.07) is 7.87. The van der Waals surface area contributed by atoms with Gasteiger partial charge in [-0.25, -0.2) is 4.98 Å². The van der Waals surface area contributed by atoms with E-state index in [-0.39, 0.29) is 5.91 Å². The van der Waals surface area contributed by atoms with Crippen LogP contribution in [0.4, 0.5) is 0 Å². The van der Waals surface area contributed by atoms with Crippen molar-refractivity contribution in [2.24, 2.45) is 0 Å². The fourth-order valence-corrected chi connectivity index (χ4v) is 2.87. The van der Waals surface area contributed by atoms with E-state index < -0.39 is 0 Å². The first-order chi connectivity index (χ1) is 12.1. The Hall–Kier alpha value is -2.89. The largest absolute Gasteiger partial charge is 0.444 e. The molecule has 0 aliphatic carbocycles. The number of amides is 1. The Labute approximate surface area is 146 Å². The van der Waals surface area contributed by atoms with E-state index in [1.54, 1.807) is 6.20 Å². The van der Waals surface area contributed by atoms with E-state index in [2.05, 4.69) is 15.4 Å². The Kier molecular flexibility index (Phi) is 4.97. The van der Waals surface area contributed by atoms with Crippen molar-refractivity contribution in [2.75, 3.05) is 0 Å². The second kappa shape index (κ2) is 7.34. The lowest BCUT2D eigenvalue weighted by molar-refractivity contribution is -0.120. The van der Waals surface area contributed by atoms with Crippen LogP contribution in [0.3, 0.4) is 0 Å². The molecule has 0 saturated carbocycles. The third-order valence-electron chi connectivity index (χ3n) is 4.33. The highest BCUT2D eigenvalue weighted by atomic mass is 16.3. The topological polar surface area (TPSA) is 73.0 Å². The van der Waals surface area contributed by atoms with Gasteiger partial charge in [0.15, 0.2) is 12.2 Å². The van der Waals surface area contributed by atoms with Crippen LogP contribution in [-0.4, -0.2) is 20.7 Å². The molecular formula is C19H22N4O2. The molecule has 6 nitrogen and oxygen atoms in total. The number of aromatic nitrogens is 3. The Morgan fingerprint density at radius 2 is 2.00 bits per heavy atom. The van der Waals surface area contributed by atoms with Crippen LogP contribution in [-0.2, 0) is 24.3 Å². The summed E-state index contributed by atoms with van der Waals surface area (Å²) in [4.78, 5) is 16.2. The molecule has 2 heterocycles. The quantitative estimate of drug-likeness (QED) is 0.750. The van der Waals surface area contributed by atoms with Crippen molar-refractivity contribution in [3.05, 3.63) is 59.4 Å². The van der Waals surface area contributed by atoms with Gasteiger partial charge in [-0.15, -0.1) is 0 Å². The fraction of sp³-hybridized carbons (Fsp3) is 0.316. The Morgan fingerprint density at radius 1 is 1.24 bits per heavy atom. The van der Waals surface area contributed by atoms with Crippen LogP contribution in [0.15, 0.2) is 41.3 Å². The van der Waals surface area contributed by atoms with Gasteiger partial charge in [0.25, 0.3) is 0 Å². The highest BCUT2D eigenvalue weighted by Crippen LogP contribution is 2.19. The first-order valence-corrected chi connectivity index (χ1v) is 8.36. The summed E-state index contributed by atoms with van der Waals surface area (Å²) in [5.74, 6) is 0.732. The number of carbonyl (C=O) groups is 1. The maximum atomic E-state index is 12.3. The van der Waals surface area contributed by atoms with Gasteiger partial charge in [0, 0.05) is 29.9 Å². The van der Waals surface area contributed by atoms with Crippen molar-refractivity contribution in [1.29, 1.82) is 0 Å². The molecule has 0 aliphatic rings. The zero-order chi connectivity index (χ0) is 17.8. The number of benzene rings is 1. The zero-order valence-corrected chi connectivity index (χ0v) is 14.7. The summed E-state index contributed by atoms with van der Waals surface area (Å²) in [5, 5.41) is 7.43. The van der Waals surface area contributed by atoms with E-state index in [1.807, 2.05) is 49.7 Å². The molecule has 1 N–H and O–H groups in total. The van der Waals surface area contributed by atoms with Crippen LogP contribution in [0, 0.1) is 13.8 Å². The van der Waals surface area contributed by atoms with Gasteiger partial charge in [-0.05, 0) is 26.3 Å². The summed E-state index contributed by atoms with van der Waals surface area (Å²) < 4.78 is 7.20. The second-order valence-corrected chi connectivity index (χ2v) is 5.98. The van der Waals surface area contributed by atoms with Gasteiger partial charge in [0.05, 0.1) is 18.3 Å². The summed E-state index contributed by atoms with van der Waals surface area (Å²) in [6.07, 6.45) is 3.44. The van der Waals surface area contributed by atoms with E-state index in [0.29, 0.717) is 13.0 Å². The molecule has 1 aromatic carbocycles. The number of aryl methyl sites for hydroxylation is 2. The Balaban J connectivity index is 1.58. The maximum absolute atomic E-state index is 12.3. The van der Waals surface area contributed by atoms with Gasteiger partial charge in [0.1, 0.15) is 0 Å². The molecule has 1 amide bonds. The standard InChI is InChI=1S/C19H22N4O2/c1-4-23-14(3)17(13(2)22-23)9-19(24)21-10-15-5-7-16(8-6-15)18-11-20-12-25-18/h5-8,11-12H,4,9-10H2,1-3H3,(H,21,24). The molecule has 130 valence electrons. The Morgan fingerprint density at radius 3 is 2.60 bits per heavy atom. The second-order valence-electron chi connectivity index (χ2n) is 5.98. The van der Waals surface area contributed by atoms with Crippen molar-refractivity contribution in [1.82, 2.24) is 20.1 Å². The van der Waals surface area contributed by atoms with Crippen molar-refractivity contribution in [2.45, 2.75) is 40.3 Å². The molecule has 0 fully saturated rings. The third kappa shape index (κ3) is 3.79. The minimum Gasteiger partial charge on any atom is -0.444 e. The molecular weight excluding hydrogens is 316 g/mol. The number of nitrogens with one attached hydrogen (secondary N) is 1. The molecule has 3 rings (SSSR count). The molecule has 2 aromatic heterocycles. The fourth-order valence-electron chi connectivity index (χ4n) is 2.87. The number of oxazole rings is 1. The van der Waals surface area contributed by atoms with Gasteiger partial charge < -0.3 is 9.73 Å². The predicted octanol–water partition coefficient (Wildman–Crippen LogP) is 3.03. The normalized spacial score (nSPS) is 10.8. The van der Waals surface area contributed by atoms with Crippen LogP contribution in [0.25, 0.3) is 11.3 Å². The summed E-state index contributed by atoms with van der Waals surface area (Å²) >= 11 is 0. The minimum absolute atomic E-state index is 0.00108. The zero-order valence-electron chi connectivity index (χ0n) is 14.7. The van der Waals surface area contributed by atoms with Gasteiger partial charge in [-0.2, -0.15) is 5.10 Å². The lowest BCUT2D eigenvalue weighted by atomic mass is 10.1. The average Bonchev–Trinajstić information content (AvgIpc) is 3.24. The first-order valence-electron chi connectivity index (χ1n) is 8.36. The number of carbonyl (C=O) groups excluding carboxylic acids is 1. The van der Waals surface area contributed by atoms with Crippen molar-refractivity contribution >= 4 is 5.91 Å². The van der Waals surface area contributed by atoms with Gasteiger partial charge >= 0.3 is 0 Å². The van der Waals surface area contributed by atoms with Crippen LogP contribution in [0.5, 0.6) is 0 Å². The molecule has 0 atom stereocenters. The molecule has 0 spiro atoms. The lowest BCUT2D eigenvalue weighted by Gasteiger charge is -2.07.